The Balaban J connectivity index is 1.63. The maximum Gasteiger partial charge on any atom is 0.0914 e. The molecule has 0 spiro atoms. The van der Waals surface area contributed by atoms with E-state index in [1.165, 1.54) is 5.06 Å². The van der Waals surface area contributed by atoms with Gasteiger partial charge in [-0.15, -0.1) is 0 Å². The van der Waals surface area contributed by atoms with Gasteiger partial charge in [0.1, 0.15) is 0 Å². The summed E-state index contributed by atoms with van der Waals surface area (Å²) >= 11 is 0. The molecule has 1 aliphatic rings. The highest BCUT2D eigenvalue weighted by Crippen LogP contribution is 2.48. The maximum absolute atomic E-state index is 12.6. The molecule has 1 heterocycles. The maximum atomic E-state index is 12.6. The molecule has 186 valence electrons. The van der Waals surface area contributed by atoms with Gasteiger partial charge in [0.05, 0.1) is 17.2 Å². The van der Waals surface area contributed by atoms with Crippen molar-refractivity contribution in [2.45, 2.75) is 56.2 Å². The molecule has 7 heteroatoms. The van der Waals surface area contributed by atoms with E-state index in [2.05, 4.69) is 5.32 Å². The first-order valence-corrected chi connectivity index (χ1v) is 13.0. The number of aliphatic hydroxyl groups excluding tert-OH is 1. The third kappa shape index (κ3) is 4.79. The zero-order chi connectivity index (χ0) is 25.4. The van der Waals surface area contributed by atoms with Gasteiger partial charge in [-0.1, -0.05) is 84.4 Å². The van der Waals surface area contributed by atoms with Crippen LogP contribution in [0, 0.1) is 4.78 Å². The average molecular weight is 493 g/mol. The van der Waals surface area contributed by atoms with Crippen molar-refractivity contribution >= 4 is 10.6 Å². The Morgan fingerprint density at radius 1 is 0.857 bits per heavy atom. The Morgan fingerprint density at radius 2 is 1.40 bits per heavy atom. The Bertz CT molecular complexity index is 1230. The Hall–Kier alpha value is -2.55. The van der Waals surface area contributed by atoms with Gasteiger partial charge in [-0.05, 0) is 55.2 Å². The molecular weight excluding hydrogens is 458 g/mol. The second kappa shape index (κ2) is 9.84. The van der Waals surface area contributed by atoms with Crippen LogP contribution < -0.4 is 5.32 Å². The zero-order valence-corrected chi connectivity index (χ0v) is 21.4. The number of hydroxylamine groups is 2. The fourth-order valence-electron chi connectivity index (χ4n) is 5.23. The van der Waals surface area contributed by atoms with Crippen LogP contribution in [0.25, 0.3) is 0 Å². The van der Waals surface area contributed by atoms with Gasteiger partial charge in [-0.3, -0.25) is 0 Å². The van der Waals surface area contributed by atoms with Gasteiger partial charge in [-0.2, -0.15) is 15.7 Å². The second-order valence-electron chi connectivity index (χ2n) is 10.2. The molecule has 3 aromatic carbocycles. The fraction of sp³-hybridized carbons (Fsp3) is 0.357. The summed E-state index contributed by atoms with van der Waals surface area (Å²) in [5.74, 6) is 0. The van der Waals surface area contributed by atoms with Crippen LogP contribution in [0.1, 0.15) is 72.9 Å². The molecule has 0 aliphatic carbocycles. The fourth-order valence-corrected chi connectivity index (χ4v) is 6.14. The van der Waals surface area contributed by atoms with E-state index in [4.69, 9.17) is 4.78 Å². The van der Waals surface area contributed by atoms with Crippen LogP contribution in [0.5, 0.6) is 0 Å². The Kier molecular flexibility index (Phi) is 7.18. The van der Waals surface area contributed by atoms with E-state index in [0.717, 1.165) is 27.8 Å². The molecule has 4 rings (SSSR count). The van der Waals surface area contributed by atoms with Crippen LogP contribution in [0.2, 0.25) is 0 Å². The zero-order valence-electron chi connectivity index (χ0n) is 20.6. The molecule has 4 N–H and O–H groups in total. The summed E-state index contributed by atoms with van der Waals surface area (Å²) in [4.78, 5) is 0. The second-order valence-corrected chi connectivity index (χ2v) is 11.3. The van der Waals surface area contributed by atoms with Gasteiger partial charge in [-0.25, -0.2) is 0 Å². The highest BCUT2D eigenvalue weighted by molar-refractivity contribution is 7.73. The van der Waals surface area contributed by atoms with E-state index in [0.29, 0.717) is 0 Å². The lowest BCUT2D eigenvalue weighted by Crippen LogP contribution is -2.42. The molecule has 0 aromatic heterocycles. The van der Waals surface area contributed by atoms with Gasteiger partial charge < -0.3 is 24.6 Å². The number of rotatable bonds is 8. The van der Waals surface area contributed by atoms with Crippen molar-refractivity contribution in [2.75, 3.05) is 6.54 Å². The third-order valence-corrected chi connectivity index (χ3v) is 8.16. The largest absolute Gasteiger partial charge is 0.444 e. The van der Waals surface area contributed by atoms with Crippen LogP contribution >= 0.6 is 0 Å². The summed E-state index contributed by atoms with van der Waals surface area (Å²) in [6.45, 7) is 8.11. The lowest BCUT2D eigenvalue weighted by molar-refractivity contribution is -0.216. The van der Waals surface area contributed by atoms with Crippen LogP contribution in [-0.2, 0) is 25.9 Å². The number of hydrogen-bond donors (Lipinski definition) is 4. The summed E-state index contributed by atoms with van der Waals surface area (Å²) in [6.07, 6.45) is -0.825. The first kappa shape index (κ1) is 25.5. The number of hydrogen-bond acceptors (Lipinski definition) is 7. The van der Waals surface area contributed by atoms with E-state index >= 15 is 0 Å². The molecule has 1 aliphatic heterocycles. The standard InChI is InChI=1S/C28H34N3O3S/c1-27(2)22-16-15-21(17-23(22)28(3,4)31(27)33)24(32)18-30-25(19-11-7-5-8-12-19)26(35(29)34)20-13-9-6-10-14-20/h5-17,24-26,29-30,32-33H,18H2,1-4H3/q-1/t24-,25-,26+/m0/s1. The molecule has 6 nitrogen and oxygen atoms in total. The molecule has 0 saturated heterocycles. The Labute approximate surface area is 209 Å². The molecule has 0 fully saturated rings. The van der Waals surface area contributed by atoms with E-state index in [1.807, 2.05) is 107 Å². The van der Waals surface area contributed by atoms with Gasteiger partial charge in [0.25, 0.3) is 0 Å². The van der Waals surface area contributed by atoms with E-state index in [1.54, 1.807) is 0 Å². The molecular formula is C28H34N3O3S-. The summed E-state index contributed by atoms with van der Waals surface area (Å²) in [7, 11) is -1.89. The van der Waals surface area contributed by atoms with Crippen molar-refractivity contribution in [3.8, 4) is 0 Å². The number of nitrogens with one attached hydrogen (secondary N) is 2. The summed E-state index contributed by atoms with van der Waals surface area (Å²) in [5, 5.41) is 26.1. The molecule has 3 aromatic rings. The van der Waals surface area contributed by atoms with Gasteiger partial charge in [0.2, 0.25) is 0 Å². The van der Waals surface area contributed by atoms with E-state index < -0.39 is 39.1 Å². The van der Waals surface area contributed by atoms with Crippen molar-refractivity contribution in [1.82, 2.24) is 10.4 Å². The van der Waals surface area contributed by atoms with Crippen molar-refractivity contribution in [2.24, 2.45) is 0 Å². The quantitative estimate of drug-likeness (QED) is 0.303. The third-order valence-electron chi connectivity index (χ3n) is 7.16. The minimum absolute atomic E-state index is 0.214. The Morgan fingerprint density at radius 3 is 1.97 bits per heavy atom. The molecule has 0 amide bonds. The summed E-state index contributed by atoms with van der Waals surface area (Å²) in [6, 6.07) is 24.5. The van der Waals surface area contributed by atoms with Gasteiger partial charge >= 0.3 is 0 Å². The average Bonchev–Trinajstić information content (AvgIpc) is 2.99. The topological polar surface area (TPSA) is 96.7 Å². The lowest BCUT2D eigenvalue weighted by Gasteiger charge is -2.34. The number of fused-ring (bicyclic) bond motifs is 1. The van der Waals surface area contributed by atoms with Crippen molar-refractivity contribution in [3.05, 3.63) is 107 Å². The van der Waals surface area contributed by atoms with Crippen LogP contribution in [0.3, 0.4) is 0 Å². The summed E-state index contributed by atoms with van der Waals surface area (Å²) in [5.41, 5.74) is 3.35. The minimum Gasteiger partial charge on any atom is -0.444 e. The number of aliphatic hydroxyl groups is 1. The highest BCUT2D eigenvalue weighted by atomic mass is 32.2. The van der Waals surface area contributed by atoms with Crippen molar-refractivity contribution in [3.63, 3.8) is 0 Å². The van der Waals surface area contributed by atoms with Crippen molar-refractivity contribution < 1.29 is 14.5 Å². The smallest absolute Gasteiger partial charge is 0.0914 e. The van der Waals surface area contributed by atoms with Gasteiger partial charge in [0, 0.05) is 12.6 Å². The molecule has 3 atom stereocenters. The predicted octanol–water partition coefficient (Wildman–Crippen LogP) is 5.69. The van der Waals surface area contributed by atoms with Crippen LogP contribution in [-0.4, -0.2) is 21.9 Å². The SMILES string of the molecule is CC1(C)c2ccc([C@@H](O)CN[C@@H](c3ccccc3)[C@@H](c3ccccc3)[S-](=N)=O)cc2C(C)(C)N1O. The molecule has 0 saturated carbocycles. The van der Waals surface area contributed by atoms with E-state index in [9.17, 15) is 14.5 Å². The molecule has 35 heavy (non-hydrogen) atoms. The number of nitrogens with zero attached hydrogens (tertiary/aromatic N) is 1. The van der Waals surface area contributed by atoms with E-state index in [-0.39, 0.29) is 6.54 Å². The van der Waals surface area contributed by atoms with Crippen molar-refractivity contribution in [1.29, 1.82) is 4.78 Å². The summed E-state index contributed by atoms with van der Waals surface area (Å²) < 4.78 is 20.7. The number of benzene rings is 3. The lowest BCUT2D eigenvalue weighted by atomic mass is 9.88. The minimum atomic E-state index is -1.89. The molecule has 0 radical (unpaired) electrons. The van der Waals surface area contributed by atoms with Gasteiger partial charge in [0.15, 0.2) is 0 Å². The molecule has 0 bridgehead atoms. The first-order chi connectivity index (χ1) is 16.5. The monoisotopic (exact) mass is 492 g/mol. The predicted molar refractivity (Wildman–Crippen MR) is 138 cm³/mol. The van der Waals surface area contributed by atoms with Crippen LogP contribution in [0.4, 0.5) is 0 Å². The first-order valence-electron chi connectivity index (χ1n) is 11.8. The molecule has 0 unspecified atom stereocenters. The normalized spacial score (nSPS) is 19.3. The van der Waals surface area contributed by atoms with Crippen LogP contribution in [0.15, 0.2) is 78.9 Å². The highest BCUT2D eigenvalue weighted by Gasteiger charge is 2.48.